The van der Waals surface area contributed by atoms with Gasteiger partial charge in [0.1, 0.15) is 18.3 Å². The molecule has 12 nitrogen and oxygen atoms in total. The number of hydrogen-bond donors (Lipinski definition) is 0. The molecule has 22 heteroatoms. The quantitative estimate of drug-likeness (QED) is 0.0423. The number of nitro groups is 3. The van der Waals surface area contributed by atoms with E-state index in [9.17, 15) is 69.9 Å². The van der Waals surface area contributed by atoms with Gasteiger partial charge in [0, 0.05) is 18.2 Å². The van der Waals surface area contributed by atoms with Gasteiger partial charge in [-0.3, -0.25) is 30.3 Å². The topological polar surface area (TPSA) is 157 Å². The Labute approximate surface area is 356 Å². The first-order chi connectivity index (χ1) is 30.1. The highest BCUT2D eigenvalue weighted by atomic mass is 28.3. The lowest BCUT2D eigenvalue weighted by Gasteiger charge is -2.30. The van der Waals surface area contributed by atoms with E-state index in [1.807, 2.05) is 0 Å². The van der Waals surface area contributed by atoms with Gasteiger partial charge in [0.25, 0.3) is 17.1 Å². The minimum atomic E-state index is -4.85. The maximum atomic E-state index is 13.7. The molecule has 0 bridgehead atoms. The number of nitro benzene ring substituents is 3. The maximum Gasteiger partial charge on any atom is 0.580 e. The lowest BCUT2D eigenvalue weighted by Crippen LogP contribution is -2.34. The second-order valence-electron chi connectivity index (χ2n) is 13.6. The van der Waals surface area contributed by atoms with E-state index in [2.05, 4.69) is 0 Å². The molecule has 0 heterocycles. The molecule has 0 saturated heterocycles. The molecule has 6 aromatic carbocycles. The molecule has 0 saturated carbocycles. The SMILES string of the molecule is O=[N+]([O-])c1ccccc1C(O[Si](OC(c1ccc(C(F)(F)F)cc1)c1ccccc1[N+](=O)[O-])OC(c1ccc(C(F)(F)F)cc1)c1ccccc1[N+](=O)[O-])c1ccc(C(F)(F)F)cc1. The van der Waals surface area contributed by atoms with Crippen LogP contribution in [0.15, 0.2) is 146 Å². The summed E-state index contributed by atoms with van der Waals surface area (Å²) in [4.78, 5) is 34.6. The highest BCUT2D eigenvalue weighted by Gasteiger charge is 2.41. The molecule has 6 rings (SSSR count). The largest absolute Gasteiger partial charge is 0.580 e. The van der Waals surface area contributed by atoms with Gasteiger partial charge in [-0.2, -0.15) is 39.5 Å². The number of rotatable bonds is 15. The highest BCUT2D eigenvalue weighted by molar-refractivity contribution is 6.36. The van der Waals surface area contributed by atoms with E-state index in [0.29, 0.717) is 36.4 Å². The average Bonchev–Trinajstić information content (AvgIpc) is 3.25. The fourth-order valence-corrected chi connectivity index (χ4v) is 8.01. The van der Waals surface area contributed by atoms with Crippen LogP contribution < -0.4 is 0 Å². The molecule has 0 spiro atoms. The van der Waals surface area contributed by atoms with Crippen LogP contribution in [-0.4, -0.2) is 24.3 Å². The summed E-state index contributed by atoms with van der Waals surface area (Å²) in [5, 5.41) is 37.1. The minimum Gasteiger partial charge on any atom is -0.359 e. The first-order valence-electron chi connectivity index (χ1n) is 18.2. The van der Waals surface area contributed by atoms with Gasteiger partial charge < -0.3 is 13.3 Å². The summed E-state index contributed by atoms with van der Waals surface area (Å²) in [6, 6.07) is 23.6. The van der Waals surface area contributed by atoms with Gasteiger partial charge in [-0.1, -0.05) is 72.8 Å². The molecule has 3 unspecified atom stereocenters. The van der Waals surface area contributed by atoms with Crippen LogP contribution in [0, 0.1) is 30.3 Å². The van der Waals surface area contributed by atoms with E-state index >= 15 is 0 Å². The van der Waals surface area contributed by atoms with E-state index in [1.165, 1.54) is 54.6 Å². The smallest absolute Gasteiger partial charge is 0.359 e. The molecule has 0 N–H and O–H groups in total. The van der Waals surface area contributed by atoms with Gasteiger partial charge in [0.05, 0.1) is 48.2 Å². The van der Waals surface area contributed by atoms with Crippen molar-refractivity contribution in [3.05, 3.63) is 226 Å². The molecule has 331 valence electrons. The highest BCUT2D eigenvalue weighted by Crippen LogP contribution is 2.42. The standard InChI is InChI=1S/C42H27F9N3O9Si/c43-40(44,45)28-19-13-25(14-20-28)37(31-7-1-4-10-34(31)52(55)56)61-64(62-38(32-8-2-5-11-35(32)53(57)58)26-15-21-29(22-16-26)41(46,47)48)63-39(33-9-3-6-12-36(33)54(59)60)27-17-23-30(24-18-27)42(49,50)51/h1-24,37-39H. The molecule has 3 atom stereocenters. The Kier molecular flexibility index (Phi) is 13.6. The van der Waals surface area contributed by atoms with Crippen molar-refractivity contribution in [2.75, 3.05) is 0 Å². The van der Waals surface area contributed by atoms with E-state index in [-0.39, 0.29) is 33.4 Å². The molecule has 1 radical (unpaired) electrons. The summed E-state index contributed by atoms with van der Waals surface area (Å²) in [5.74, 6) is 0. The lowest BCUT2D eigenvalue weighted by atomic mass is 9.99. The lowest BCUT2D eigenvalue weighted by molar-refractivity contribution is -0.386. The first kappa shape index (κ1) is 46.5. The van der Waals surface area contributed by atoms with Crippen molar-refractivity contribution in [1.29, 1.82) is 0 Å². The summed E-state index contributed by atoms with van der Waals surface area (Å²) in [5.41, 5.74) is -6.96. The average molecular weight is 917 g/mol. The maximum absolute atomic E-state index is 13.7. The van der Waals surface area contributed by atoms with E-state index in [0.717, 1.165) is 54.6 Å². The van der Waals surface area contributed by atoms with Crippen LogP contribution in [0.4, 0.5) is 56.6 Å². The molecule has 0 aromatic heterocycles. The number of para-hydroxylation sites is 3. The molecule has 0 aliphatic rings. The summed E-state index contributed by atoms with van der Waals surface area (Å²) in [6.07, 6.45) is -20.1. The van der Waals surface area contributed by atoms with E-state index in [1.54, 1.807) is 0 Å². The minimum absolute atomic E-state index is 0.203. The zero-order valence-electron chi connectivity index (χ0n) is 32.0. The second kappa shape index (κ2) is 18.8. The van der Waals surface area contributed by atoms with Crippen LogP contribution in [0.1, 0.15) is 68.4 Å². The third-order valence-corrected chi connectivity index (χ3v) is 10.8. The normalized spacial score (nSPS) is 13.6. The van der Waals surface area contributed by atoms with Crippen LogP contribution >= 0.6 is 0 Å². The molecular formula is C42H27F9N3O9Si. The fourth-order valence-electron chi connectivity index (χ4n) is 6.47. The number of halogens is 9. The number of benzene rings is 6. The Hall–Kier alpha value is -7.01. The third kappa shape index (κ3) is 10.8. The van der Waals surface area contributed by atoms with Gasteiger partial charge in [-0.15, -0.1) is 0 Å². The van der Waals surface area contributed by atoms with Crippen LogP contribution in [0.25, 0.3) is 0 Å². The number of alkyl halides is 9. The Morgan fingerprint density at radius 1 is 0.375 bits per heavy atom. The van der Waals surface area contributed by atoms with E-state index < -0.39 is 94.9 Å². The van der Waals surface area contributed by atoms with Crippen molar-refractivity contribution in [2.45, 2.75) is 36.8 Å². The summed E-state index contributed by atoms with van der Waals surface area (Å²) >= 11 is 0. The molecule has 0 fully saturated rings. The molecule has 6 aromatic rings. The van der Waals surface area contributed by atoms with Crippen LogP contribution in [-0.2, 0) is 31.8 Å². The Morgan fingerprint density at radius 3 is 0.797 bits per heavy atom. The third-order valence-electron chi connectivity index (χ3n) is 9.51. The van der Waals surface area contributed by atoms with Crippen molar-refractivity contribution in [1.82, 2.24) is 0 Å². The zero-order valence-corrected chi connectivity index (χ0v) is 33.0. The van der Waals surface area contributed by atoms with Gasteiger partial charge in [-0.05, 0) is 71.3 Å². The summed E-state index contributed by atoms with van der Waals surface area (Å²) in [7, 11) is -4.00. The summed E-state index contributed by atoms with van der Waals surface area (Å²) in [6.45, 7) is 0. The predicted molar refractivity (Wildman–Crippen MR) is 208 cm³/mol. The molecule has 0 aliphatic carbocycles. The van der Waals surface area contributed by atoms with Crippen molar-refractivity contribution in [2.24, 2.45) is 0 Å². The molecule has 64 heavy (non-hydrogen) atoms. The van der Waals surface area contributed by atoms with Crippen LogP contribution in [0.5, 0.6) is 0 Å². The predicted octanol–water partition coefficient (Wildman–Crippen LogP) is 12.2. The molecule has 0 amide bonds. The van der Waals surface area contributed by atoms with Crippen LogP contribution in [0.2, 0.25) is 0 Å². The van der Waals surface area contributed by atoms with Gasteiger partial charge in [-0.25, -0.2) is 0 Å². The zero-order chi connectivity index (χ0) is 46.6. The van der Waals surface area contributed by atoms with Crippen molar-refractivity contribution in [3.63, 3.8) is 0 Å². The Bertz CT molecular complexity index is 2340. The number of nitrogens with zero attached hydrogens (tertiary/aromatic N) is 3. The van der Waals surface area contributed by atoms with Crippen LogP contribution in [0.3, 0.4) is 0 Å². The monoisotopic (exact) mass is 916 g/mol. The van der Waals surface area contributed by atoms with Crippen molar-refractivity contribution in [3.8, 4) is 0 Å². The van der Waals surface area contributed by atoms with E-state index in [4.69, 9.17) is 13.3 Å². The molecule has 0 aliphatic heterocycles. The Morgan fingerprint density at radius 2 is 0.594 bits per heavy atom. The second-order valence-corrected chi connectivity index (χ2v) is 14.8. The molecular weight excluding hydrogens is 890 g/mol. The first-order valence-corrected chi connectivity index (χ1v) is 19.4. The van der Waals surface area contributed by atoms with Gasteiger partial charge in [0.15, 0.2) is 0 Å². The Balaban J connectivity index is 1.61. The van der Waals surface area contributed by atoms with Crippen molar-refractivity contribution >= 4 is 26.6 Å². The summed E-state index contributed by atoms with van der Waals surface area (Å²) < 4.78 is 143. The van der Waals surface area contributed by atoms with Crippen molar-refractivity contribution < 1.29 is 67.6 Å². The van der Waals surface area contributed by atoms with Gasteiger partial charge >= 0.3 is 28.1 Å². The van der Waals surface area contributed by atoms with Gasteiger partial charge in [0.2, 0.25) is 0 Å². The fraction of sp³-hybridized carbons (Fsp3) is 0.143. The number of hydrogen-bond acceptors (Lipinski definition) is 9.